The van der Waals surface area contributed by atoms with Crippen molar-refractivity contribution in [2.75, 3.05) is 6.61 Å². The number of rotatable bonds is 3. The minimum absolute atomic E-state index is 0. The molecular weight excluding hydrogens is 439 g/mol. The van der Waals surface area contributed by atoms with Crippen molar-refractivity contribution in [2.24, 2.45) is 5.73 Å². The maximum absolute atomic E-state index is 10.8. The molecule has 2 rings (SSSR count). The minimum atomic E-state index is -1.27. The Morgan fingerprint density at radius 3 is 2.61 bits per heavy atom. The fourth-order valence-electron chi connectivity index (χ4n) is 1.61. The maximum atomic E-state index is 10.8. The summed E-state index contributed by atoms with van der Waals surface area (Å²) in [5.41, 5.74) is 4.97. The Bertz CT molecular complexity index is 427. The summed E-state index contributed by atoms with van der Waals surface area (Å²) in [7, 11) is 0. The van der Waals surface area contributed by atoms with Gasteiger partial charge < -0.3 is 25.8 Å². The molecule has 100 valence electrons. The molecule has 4 atom stereocenters. The van der Waals surface area contributed by atoms with E-state index in [2.05, 4.69) is 10.1 Å². The summed E-state index contributed by atoms with van der Waals surface area (Å²) in [6.07, 6.45) is -3.26. The summed E-state index contributed by atoms with van der Waals surface area (Å²) >= 11 is 0. The quantitative estimate of drug-likeness (QED) is 0.342. The topological polar surface area (TPSA) is 144 Å². The van der Waals surface area contributed by atoms with Gasteiger partial charge >= 0.3 is 27.3 Å². The van der Waals surface area contributed by atoms with Crippen molar-refractivity contribution < 1.29 is 24.9 Å². The van der Waals surface area contributed by atoms with Gasteiger partial charge in [0, 0.05) is 0 Å². The molecule has 18 heavy (non-hydrogen) atoms. The molecule has 0 saturated carbocycles. The first-order chi connectivity index (χ1) is 8.04. The third kappa shape index (κ3) is 2.69. The van der Waals surface area contributed by atoms with Crippen molar-refractivity contribution in [1.82, 2.24) is 14.8 Å². The summed E-state index contributed by atoms with van der Waals surface area (Å²) in [5, 5.41) is 31.8. The second-order valence-corrected chi connectivity index (χ2v) is 3.64. The Balaban J connectivity index is 0.00000162. The van der Waals surface area contributed by atoms with E-state index >= 15 is 0 Å². The molecule has 1 aliphatic rings. The van der Waals surface area contributed by atoms with Crippen LogP contribution in [0.5, 0.6) is 0 Å². The molecule has 5 N–H and O–H groups in total. The summed E-state index contributed by atoms with van der Waals surface area (Å²) in [4.78, 5) is 14.4. The average molecular weight is 453 g/mol. The van der Waals surface area contributed by atoms with Gasteiger partial charge in [0.2, 0.25) is 5.82 Å². The van der Waals surface area contributed by atoms with Gasteiger partial charge in [-0.3, -0.25) is 4.79 Å². The van der Waals surface area contributed by atoms with Crippen molar-refractivity contribution in [1.29, 1.82) is 0 Å². The average Bonchev–Trinajstić information content (AvgIpc) is 2.87. The van der Waals surface area contributed by atoms with Crippen molar-refractivity contribution in [2.45, 2.75) is 24.5 Å². The van der Waals surface area contributed by atoms with Gasteiger partial charge in [0.15, 0.2) is 6.23 Å². The first-order valence-corrected chi connectivity index (χ1v) is 4.88. The molecule has 1 fully saturated rings. The Morgan fingerprint density at radius 1 is 1.50 bits per heavy atom. The number of carbonyl (C=O) groups excluding carboxylic acids is 1. The molecule has 0 unspecified atom stereocenters. The summed E-state index contributed by atoms with van der Waals surface area (Å²) in [5.74, 6) is -1.03. The van der Waals surface area contributed by atoms with E-state index in [1.807, 2.05) is 0 Å². The number of nitrogens with zero attached hydrogens (tertiary/aromatic N) is 3. The fourth-order valence-corrected chi connectivity index (χ4v) is 1.61. The molecule has 0 aromatic carbocycles. The second-order valence-electron chi connectivity index (χ2n) is 3.64. The van der Waals surface area contributed by atoms with Crippen LogP contribution in [-0.2, 0) is 4.74 Å². The zero-order valence-electron chi connectivity index (χ0n) is 9.38. The molecule has 1 aliphatic heterocycles. The van der Waals surface area contributed by atoms with E-state index in [9.17, 15) is 15.0 Å². The van der Waals surface area contributed by atoms with Gasteiger partial charge in [0.1, 0.15) is 24.6 Å². The van der Waals surface area contributed by atoms with Gasteiger partial charge in [-0.25, -0.2) is 9.67 Å². The summed E-state index contributed by atoms with van der Waals surface area (Å²) in [6.45, 7) is -0.438. The van der Waals surface area contributed by atoms with Crippen LogP contribution < -0.4 is 5.73 Å². The third-order valence-corrected chi connectivity index (χ3v) is 2.51. The number of aliphatic hydroxyl groups excluding tert-OH is 3. The second kappa shape index (κ2) is 6.01. The molecule has 0 bridgehead atoms. The van der Waals surface area contributed by atoms with E-state index in [-0.39, 0.29) is 33.1 Å². The number of aromatic nitrogens is 3. The number of hydrogen-bond donors (Lipinski definition) is 4. The van der Waals surface area contributed by atoms with Crippen molar-refractivity contribution in [3.8, 4) is 0 Å². The standard InChI is InChI=1S/C8H12N4O5.Pb.2H/c9-6(16)7-10-2-12(11-7)8-5(15)4(14)3(1-13)17-8;;;/h2-5,8,13-15H,1H2,(H2,9,16);;;/t3-,4-,5-,8-;;;/m1.../s1. The molecule has 0 spiro atoms. The number of primary amides is 1. The zero-order valence-corrected chi connectivity index (χ0v) is 14.9. The van der Waals surface area contributed by atoms with Crippen LogP contribution in [0.3, 0.4) is 0 Å². The molecular formula is C8H14N4O5Pb. The van der Waals surface area contributed by atoms with Crippen molar-refractivity contribution >= 4 is 33.2 Å². The van der Waals surface area contributed by atoms with Gasteiger partial charge in [0.25, 0.3) is 5.91 Å². The van der Waals surface area contributed by atoms with E-state index in [1.165, 1.54) is 0 Å². The van der Waals surface area contributed by atoms with Crippen molar-refractivity contribution in [3.63, 3.8) is 0 Å². The van der Waals surface area contributed by atoms with E-state index in [0.717, 1.165) is 11.0 Å². The SMILES string of the molecule is NC(=O)c1ncn([C@@H]2O[C@H](CO)[C@@H](O)[C@H]2O)n1.[PbH2]. The van der Waals surface area contributed by atoms with Gasteiger partial charge in [-0.1, -0.05) is 0 Å². The normalized spacial score (nSPS) is 31.1. The summed E-state index contributed by atoms with van der Waals surface area (Å²) < 4.78 is 6.25. The van der Waals surface area contributed by atoms with E-state index < -0.39 is 37.1 Å². The molecule has 9 nitrogen and oxygen atoms in total. The molecule has 1 aromatic heterocycles. The number of hydrogen-bond acceptors (Lipinski definition) is 7. The third-order valence-electron chi connectivity index (χ3n) is 2.51. The van der Waals surface area contributed by atoms with Gasteiger partial charge in [-0.2, -0.15) is 0 Å². The predicted octanol–water partition coefficient (Wildman–Crippen LogP) is -3.93. The number of aliphatic hydroxyl groups is 3. The number of nitrogens with two attached hydrogens (primary N) is 1. The fraction of sp³-hybridized carbons (Fsp3) is 0.625. The van der Waals surface area contributed by atoms with E-state index in [4.69, 9.17) is 15.6 Å². The molecule has 1 saturated heterocycles. The van der Waals surface area contributed by atoms with Gasteiger partial charge in [-0.05, 0) is 0 Å². The van der Waals surface area contributed by atoms with Gasteiger partial charge in [-0.15, -0.1) is 5.10 Å². The molecule has 1 amide bonds. The van der Waals surface area contributed by atoms with Crippen LogP contribution >= 0.6 is 0 Å². The summed E-state index contributed by atoms with van der Waals surface area (Å²) in [6, 6.07) is 0. The first kappa shape index (κ1) is 15.4. The molecule has 0 aliphatic carbocycles. The Kier molecular flexibility index (Phi) is 5.15. The number of amides is 1. The van der Waals surface area contributed by atoms with Crippen LogP contribution in [0.15, 0.2) is 6.33 Å². The Labute approximate surface area is 122 Å². The number of ether oxygens (including phenoxy) is 1. The first-order valence-electron chi connectivity index (χ1n) is 4.88. The Hall–Kier alpha value is -0.628. The van der Waals surface area contributed by atoms with Crippen molar-refractivity contribution in [3.05, 3.63) is 12.2 Å². The van der Waals surface area contributed by atoms with Crippen LogP contribution in [0.25, 0.3) is 0 Å². The molecule has 2 heterocycles. The van der Waals surface area contributed by atoms with Crippen LogP contribution in [0.1, 0.15) is 16.8 Å². The van der Waals surface area contributed by atoms with E-state index in [0.29, 0.717) is 0 Å². The van der Waals surface area contributed by atoms with E-state index in [1.54, 1.807) is 0 Å². The predicted molar refractivity (Wildman–Crippen MR) is 60.1 cm³/mol. The molecule has 1 aromatic rings. The van der Waals surface area contributed by atoms with Gasteiger partial charge in [0.05, 0.1) is 6.61 Å². The molecule has 2 radical (unpaired) electrons. The van der Waals surface area contributed by atoms with Crippen LogP contribution in [-0.4, -0.2) is 88.2 Å². The van der Waals surface area contributed by atoms with Crippen LogP contribution in [0, 0.1) is 0 Å². The Morgan fingerprint density at radius 2 is 2.17 bits per heavy atom. The van der Waals surface area contributed by atoms with Crippen LogP contribution in [0.4, 0.5) is 0 Å². The number of carbonyl (C=O) groups is 1. The monoisotopic (exact) mass is 454 g/mol. The molecule has 10 heteroatoms. The van der Waals surface area contributed by atoms with Crippen LogP contribution in [0.2, 0.25) is 0 Å². The zero-order chi connectivity index (χ0) is 12.6.